The molecule has 0 fully saturated rings. The van der Waals surface area contributed by atoms with Gasteiger partial charge in [0, 0.05) is 26.2 Å². The number of ether oxygens (including phenoxy) is 2. The Morgan fingerprint density at radius 3 is 2.32 bits per heavy atom. The molecule has 22 heavy (non-hydrogen) atoms. The van der Waals surface area contributed by atoms with Crippen LogP contribution in [0.2, 0.25) is 0 Å². The second kappa shape index (κ2) is 8.76. The first-order valence-electron chi connectivity index (χ1n) is 7.58. The summed E-state index contributed by atoms with van der Waals surface area (Å²) in [5, 5.41) is 6.19. The summed E-state index contributed by atoms with van der Waals surface area (Å²) in [5.41, 5.74) is 1.74. The number of amides is 1. The summed E-state index contributed by atoms with van der Waals surface area (Å²) in [6.07, 6.45) is -0.400. The summed E-state index contributed by atoms with van der Waals surface area (Å²) in [6, 6.07) is 8.30. The third kappa shape index (κ3) is 7.43. The SMILES string of the molecule is COCC(C)NCc1ccccc1CNC(=O)OC(C)(C)C. The Kier molecular flexibility index (Phi) is 7.35. The van der Waals surface area contributed by atoms with Crippen LogP contribution in [-0.2, 0) is 22.6 Å². The van der Waals surface area contributed by atoms with Crippen LogP contribution in [0.15, 0.2) is 24.3 Å². The first-order chi connectivity index (χ1) is 10.3. The van der Waals surface area contributed by atoms with Gasteiger partial charge in [-0.2, -0.15) is 0 Å². The molecule has 0 aliphatic rings. The predicted octanol–water partition coefficient (Wildman–Crippen LogP) is 2.84. The van der Waals surface area contributed by atoms with Crippen LogP contribution in [0.3, 0.4) is 0 Å². The number of alkyl carbamates (subject to hydrolysis) is 1. The van der Waals surface area contributed by atoms with Gasteiger partial charge < -0.3 is 20.1 Å². The maximum Gasteiger partial charge on any atom is 0.407 e. The van der Waals surface area contributed by atoms with Crippen molar-refractivity contribution in [3.05, 3.63) is 35.4 Å². The van der Waals surface area contributed by atoms with E-state index in [4.69, 9.17) is 9.47 Å². The van der Waals surface area contributed by atoms with Gasteiger partial charge in [-0.1, -0.05) is 24.3 Å². The summed E-state index contributed by atoms with van der Waals surface area (Å²) < 4.78 is 10.4. The Morgan fingerprint density at radius 2 is 1.77 bits per heavy atom. The zero-order valence-corrected chi connectivity index (χ0v) is 14.2. The second-order valence-electron chi connectivity index (χ2n) is 6.36. The van der Waals surface area contributed by atoms with Crippen LogP contribution in [0.25, 0.3) is 0 Å². The quantitative estimate of drug-likeness (QED) is 0.813. The average molecular weight is 308 g/mol. The van der Waals surface area contributed by atoms with Crippen LogP contribution >= 0.6 is 0 Å². The van der Waals surface area contributed by atoms with Crippen molar-refractivity contribution in [3.8, 4) is 0 Å². The van der Waals surface area contributed by atoms with Crippen LogP contribution in [0, 0.1) is 0 Å². The summed E-state index contributed by atoms with van der Waals surface area (Å²) in [7, 11) is 1.69. The van der Waals surface area contributed by atoms with Crippen LogP contribution in [-0.4, -0.2) is 31.5 Å². The molecule has 0 heterocycles. The topological polar surface area (TPSA) is 59.6 Å². The molecule has 0 aromatic heterocycles. The molecule has 124 valence electrons. The Morgan fingerprint density at radius 1 is 1.18 bits per heavy atom. The lowest BCUT2D eigenvalue weighted by Gasteiger charge is -2.20. The van der Waals surface area contributed by atoms with E-state index in [0.29, 0.717) is 13.2 Å². The van der Waals surface area contributed by atoms with Crippen molar-refractivity contribution in [3.63, 3.8) is 0 Å². The van der Waals surface area contributed by atoms with Gasteiger partial charge in [0.05, 0.1) is 6.61 Å². The molecule has 0 saturated carbocycles. The van der Waals surface area contributed by atoms with E-state index in [2.05, 4.69) is 23.6 Å². The molecule has 1 rings (SSSR count). The molecule has 0 spiro atoms. The molecule has 1 atom stereocenters. The molecule has 0 radical (unpaired) electrons. The smallest absolute Gasteiger partial charge is 0.407 e. The molecule has 5 nitrogen and oxygen atoms in total. The molecule has 5 heteroatoms. The highest BCUT2D eigenvalue weighted by Crippen LogP contribution is 2.10. The fourth-order valence-corrected chi connectivity index (χ4v) is 1.98. The summed E-state index contributed by atoms with van der Waals surface area (Å²) in [5.74, 6) is 0. The summed E-state index contributed by atoms with van der Waals surface area (Å²) in [6.45, 7) is 9.47. The minimum Gasteiger partial charge on any atom is -0.444 e. The third-order valence-electron chi connectivity index (χ3n) is 3.00. The fraction of sp³-hybridized carbons (Fsp3) is 0.588. The summed E-state index contributed by atoms with van der Waals surface area (Å²) in [4.78, 5) is 11.7. The van der Waals surface area contributed by atoms with Crippen LogP contribution in [0.1, 0.15) is 38.8 Å². The predicted molar refractivity (Wildman–Crippen MR) is 87.7 cm³/mol. The molecule has 1 aromatic rings. The van der Waals surface area contributed by atoms with Gasteiger partial charge in [-0.05, 0) is 38.8 Å². The zero-order valence-electron chi connectivity index (χ0n) is 14.2. The number of hydrogen-bond donors (Lipinski definition) is 2. The van der Waals surface area contributed by atoms with Gasteiger partial charge in [0.15, 0.2) is 0 Å². The lowest BCUT2D eigenvalue weighted by Crippen LogP contribution is -2.33. The molecule has 1 amide bonds. The number of nitrogens with one attached hydrogen (secondary N) is 2. The van der Waals surface area contributed by atoms with Crippen LogP contribution in [0.4, 0.5) is 4.79 Å². The Bertz CT molecular complexity index is 469. The number of carbonyl (C=O) groups is 1. The standard InChI is InChI=1S/C17H28N2O3/c1-13(12-21-5)18-10-14-8-6-7-9-15(14)11-19-16(20)22-17(2,3)4/h6-9,13,18H,10-12H2,1-5H3,(H,19,20). The Hall–Kier alpha value is -1.59. The highest BCUT2D eigenvalue weighted by Gasteiger charge is 2.16. The minimum atomic E-state index is -0.485. The molecule has 0 saturated heterocycles. The van der Waals surface area contributed by atoms with E-state index < -0.39 is 11.7 Å². The van der Waals surface area contributed by atoms with E-state index in [1.165, 1.54) is 0 Å². The first-order valence-corrected chi connectivity index (χ1v) is 7.58. The molecular formula is C17H28N2O3. The second-order valence-corrected chi connectivity index (χ2v) is 6.36. The summed E-state index contributed by atoms with van der Waals surface area (Å²) >= 11 is 0. The van der Waals surface area contributed by atoms with Crippen molar-refractivity contribution in [2.24, 2.45) is 0 Å². The minimum absolute atomic E-state index is 0.275. The maximum atomic E-state index is 11.7. The van der Waals surface area contributed by atoms with E-state index in [1.807, 2.05) is 39.0 Å². The molecule has 2 N–H and O–H groups in total. The van der Waals surface area contributed by atoms with E-state index in [1.54, 1.807) is 7.11 Å². The lowest BCUT2D eigenvalue weighted by molar-refractivity contribution is 0.0523. The van der Waals surface area contributed by atoms with E-state index in [0.717, 1.165) is 17.7 Å². The average Bonchev–Trinajstić information content (AvgIpc) is 2.42. The van der Waals surface area contributed by atoms with E-state index >= 15 is 0 Å². The van der Waals surface area contributed by atoms with Gasteiger partial charge in [-0.15, -0.1) is 0 Å². The number of carbonyl (C=O) groups excluding carboxylic acids is 1. The van der Waals surface area contributed by atoms with Crippen molar-refractivity contribution in [2.75, 3.05) is 13.7 Å². The number of methoxy groups -OCH3 is 1. The van der Waals surface area contributed by atoms with E-state index in [-0.39, 0.29) is 6.04 Å². The van der Waals surface area contributed by atoms with Crippen molar-refractivity contribution >= 4 is 6.09 Å². The largest absolute Gasteiger partial charge is 0.444 e. The third-order valence-corrected chi connectivity index (χ3v) is 3.00. The number of rotatable bonds is 7. The van der Waals surface area contributed by atoms with E-state index in [9.17, 15) is 4.79 Å². The number of benzene rings is 1. The van der Waals surface area contributed by atoms with Crippen molar-refractivity contribution in [1.82, 2.24) is 10.6 Å². The van der Waals surface area contributed by atoms with Gasteiger partial charge in [0.25, 0.3) is 0 Å². The van der Waals surface area contributed by atoms with Gasteiger partial charge in [0.1, 0.15) is 5.60 Å². The molecule has 0 aliphatic heterocycles. The van der Waals surface area contributed by atoms with Crippen LogP contribution < -0.4 is 10.6 Å². The van der Waals surface area contributed by atoms with Crippen molar-refractivity contribution in [1.29, 1.82) is 0 Å². The maximum absolute atomic E-state index is 11.7. The Labute approximate surface area is 133 Å². The van der Waals surface area contributed by atoms with Gasteiger partial charge in [0.2, 0.25) is 0 Å². The van der Waals surface area contributed by atoms with Crippen molar-refractivity contribution in [2.45, 2.75) is 52.4 Å². The fourth-order valence-electron chi connectivity index (χ4n) is 1.98. The highest BCUT2D eigenvalue weighted by molar-refractivity contribution is 5.67. The Balaban J connectivity index is 2.55. The normalized spacial score (nSPS) is 12.8. The molecule has 0 aliphatic carbocycles. The first kappa shape index (κ1) is 18.5. The van der Waals surface area contributed by atoms with Gasteiger partial charge >= 0.3 is 6.09 Å². The molecule has 0 bridgehead atoms. The molecule has 1 unspecified atom stereocenters. The zero-order chi connectivity index (χ0) is 16.6. The lowest BCUT2D eigenvalue weighted by atomic mass is 10.1. The monoisotopic (exact) mass is 308 g/mol. The van der Waals surface area contributed by atoms with Gasteiger partial charge in [-0.25, -0.2) is 4.79 Å². The van der Waals surface area contributed by atoms with Crippen molar-refractivity contribution < 1.29 is 14.3 Å². The molecule has 1 aromatic carbocycles. The van der Waals surface area contributed by atoms with Crippen LogP contribution in [0.5, 0.6) is 0 Å². The molecular weight excluding hydrogens is 280 g/mol. The highest BCUT2D eigenvalue weighted by atomic mass is 16.6. The number of hydrogen-bond acceptors (Lipinski definition) is 4. The van der Waals surface area contributed by atoms with Gasteiger partial charge in [-0.3, -0.25) is 0 Å².